The third-order valence-corrected chi connectivity index (χ3v) is 5.40. The molecule has 0 saturated carbocycles. The van der Waals surface area contributed by atoms with Crippen molar-refractivity contribution in [3.8, 4) is 5.69 Å². The number of aryl methyl sites for hydroxylation is 2. The average Bonchev–Trinajstić information content (AvgIpc) is 3.07. The van der Waals surface area contributed by atoms with Crippen molar-refractivity contribution < 1.29 is 14.3 Å². The summed E-state index contributed by atoms with van der Waals surface area (Å²) in [7, 11) is 0. The van der Waals surface area contributed by atoms with E-state index in [-0.39, 0.29) is 17.0 Å². The van der Waals surface area contributed by atoms with Crippen molar-refractivity contribution in [3.05, 3.63) is 81.0 Å². The highest BCUT2D eigenvalue weighted by Gasteiger charge is 2.19. The Morgan fingerprint density at radius 1 is 1.06 bits per heavy atom. The lowest BCUT2D eigenvalue weighted by molar-refractivity contribution is 0.0466. The Hall–Kier alpha value is -3.48. The summed E-state index contributed by atoms with van der Waals surface area (Å²) in [5, 5.41) is 4.02. The average molecular weight is 436 g/mol. The summed E-state index contributed by atoms with van der Waals surface area (Å²) < 4.78 is 8.43. The molecular weight excluding hydrogens is 406 g/mol. The summed E-state index contributed by atoms with van der Waals surface area (Å²) in [4.78, 5) is 36.9. The van der Waals surface area contributed by atoms with Gasteiger partial charge in [-0.25, -0.2) is 9.48 Å². The predicted molar refractivity (Wildman–Crippen MR) is 123 cm³/mol. The summed E-state index contributed by atoms with van der Waals surface area (Å²) in [6.07, 6.45) is 0.708. The first-order valence-electron chi connectivity index (χ1n) is 10.8. The molecule has 7 nitrogen and oxygen atoms in total. The predicted octanol–water partition coefficient (Wildman–Crippen LogP) is 4.22. The summed E-state index contributed by atoms with van der Waals surface area (Å²) in [6, 6.07) is 12.7. The van der Waals surface area contributed by atoms with Crippen molar-refractivity contribution in [1.29, 1.82) is 0 Å². The number of Topliss-reactive ketones (excluding diaryl/α,β-unsaturated/α-hetero) is 1. The molecule has 3 rings (SSSR count). The highest BCUT2D eigenvalue weighted by molar-refractivity contribution is 6.00. The standard InChI is InChI=1S/C25H29N3O4/c1-6-13-27-24(30)12-11-22(26-27)25(31)32-15-23(29)21-14-17(4)28(18(21)5)20-9-7-19(8-10-20)16(2)3/h7-12,14,16H,6,13,15H2,1-5H3. The van der Waals surface area contributed by atoms with Crippen LogP contribution in [0.3, 0.4) is 0 Å². The Kier molecular flexibility index (Phi) is 7.08. The van der Waals surface area contributed by atoms with Gasteiger partial charge in [0.25, 0.3) is 5.56 Å². The van der Waals surface area contributed by atoms with E-state index < -0.39 is 12.6 Å². The smallest absolute Gasteiger partial charge is 0.359 e. The van der Waals surface area contributed by atoms with Gasteiger partial charge >= 0.3 is 5.97 Å². The minimum absolute atomic E-state index is 0.00145. The molecule has 0 radical (unpaired) electrons. The number of hydrogen-bond donors (Lipinski definition) is 0. The van der Waals surface area contributed by atoms with Gasteiger partial charge in [-0.05, 0) is 56.0 Å². The molecule has 7 heteroatoms. The topological polar surface area (TPSA) is 83.2 Å². The molecule has 2 heterocycles. The lowest BCUT2D eigenvalue weighted by Gasteiger charge is -2.12. The number of esters is 1. The van der Waals surface area contributed by atoms with Crippen LogP contribution in [0.5, 0.6) is 0 Å². The van der Waals surface area contributed by atoms with Crippen LogP contribution < -0.4 is 5.56 Å². The molecule has 1 aromatic carbocycles. The van der Waals surface area contributed by atoms with Crippen LogP contribution in [0, 0.1) is 13.8 Å². The minimum Gasteiger partial charge on any atom is -0.453 e. The van der Waals surface area contributed by atoms with E-state index in [0.29, 0.717) is 24.4 Å². The Morgan fingerprint density at radius 3 is 2.38 bits per heavy atom. The molecule has 0 spiro atoms. The molecule has 32 heavy (non-hydrogen) atoms. The molecule has 0 fully saturated rings. The zero-order valence-electron chi connectivity index (χ0n) is 19.2. The number of rotatable bonds is 8. The first-order chi connectivity index (χ1) is 15.2. The maximum atomic E-state index is 12.8. The van der Waals surface area contributed by atoms with Crippen molar-refractivity contribution in [2.45, 2.75) is 53.5 Å². The van der Waals surface area contributed by atoms with Crippen LogP contribution in [-0.2, 0) is 11.3 Å². The van der Waals surface area contributed by atoms with Crippen LogP contribution in [0.15, 0.2) is 47.3 Å². The number of hydrogen-bond acceptors (Lipinski definition) is 5. The number of nitrogens with zero attached hydrogens (tertiary/aromatic N) is 3. The van der Waals surface area contributed by atoms with Crippen molar-refractivity contribution >= 4 is 11.8 Å². The normalized spacial score (nSPS) is 11.1. The van der Waals surface area contributed by atoms with E-state index in [2.05, 4.69) is 31.1 Å². The van der Waals surface area contributed by atoms with Gasteiger partial charge in [-0.3, -0.25) is 9.59 Å². The Morgan fingerprint density at radius 2 is 1.75 bits per heavy atom. The summed E-state index contributed by atoms with van der Waals surface area (Å²) >= 11 is 0. The Balaban J connectivity index is 1.75. The van der Waals surface area contributed by atoms with E-state index in [4.69, 9.17) is 4.74 Å². The zero-order valence-corrected chi connectivity index (χ0v) is 19.2. The maximum Gasteiger partial charge on any atom is 0.359 e. The fraction of sp³-hybridized carbons (Fsp3) is 0.360. The molecule has 168 valence electrons. The van der Waals surface area contributed by atoms with Crippen LogP contribution in [0.25, 0.3) is 5.69 Å². The van der Waals surface area contributed by atoms with Gasteiger partial charge in [-0.1, -0.05) is 32.9 Å². The second-order valence-corrected chi connectivity index (χ2v) is 8.15. The molecule has 0 unspecified atom stereocenters. The van der Waals surface area contributed by atoms with E-state index in [0.717, 1.165) is 17.1 Å². The summed E-state index contributed by atoms with van der Waals surface area (Å²) in [5.74, 6) is -0.585. The van der Waals surface area contributed by atoms with E-state index >= 15 is 0 Å². The molecule has 3 aromatic rings. The first-order valence-corrected chi connectivity index (χ1v) is 10.8. The third kappa shape index (κ3) is 4.88. The number of aromatic nitrogens is 3. The fourth-order valence-electron chi connectivity index (χ4n) is 3.66. The van der Waals surface area contributed by atoms with Crippen LogP contribution in [-0.4, -0.2) is 32.7 Å². The lowest BCUT2D eigenvalue weighted by Crippen LogP contribution is -2.25. The van der Waals surface area contributed by atoms with Gasteiger partial charge in [-0.2, -0.15) is 5.10 Å². The van der Waals surface area contributed by atoms with Crippen LogP contribution in [0.2, 0.25) is 0 Å². The third-order valence-electron chi connectivity index (χ3n) is 5.40. The molecule has 0 N–H and O–H groups in total. The van der Waals surface area contributed by atoms with Gasteiger partial charge in [0.15, 0.2) is 12.3 Å². The molecular formula is C25H29N3O4. The van der Waals surface area contributed by atoms with Crippen molar-refractivity contribution in [3.63, 3.8) is 0 Å². The second-order valence-electron chi connectivity index (χ2n) is 8.15. The number of benzene rings is 1. The number of ether oxygens (including phenoxy) is 1. The van der Waals surface area contributed by atoms with Crippen molar-refractivity contribution in [2.75, 3.05) is 6.61 Å². The molecule has 0 aliphatic carbocycles. The highest BCUT2D eigenvalue weighted by Crippen LogP contribution is 2.23. The molecule has 0 aliphatic heterocycles. The fourth-order valence-corrected chi connectivity index (χ4v) is 3.66. The molecule has 0 aliphatic rings. The van der Waals surface area contributed by atoms with Gasteiger partial charge in [0.05, 0.1) is 0 Å². The van der Waals surface area contributed by atoms with E-state index in [1.54, 1.807) is 0 Å². The van der Waals surface area contributed by atoms with E-state index in [1.807, 2.05) is 43.5 Å². The van der Waals surface area contributed by atoms with Gasteiger partial charge in [0.2, 0.25) is 5.78 Å². The van der Waals surface area contributed by atoms with E-state index in [9.17, 15) is 14.4 Å². The molecule has 0 amide bonds. The second kappa shape index (κ2) is 9.77. The lowest BCUT2D eigenvalue weighted by atomic mass is 10.0. The zero-order chi connectivity index (χ0) is 23.4. The molecule has 0 atom stereocenters. The van der Waals surface area contributed by atoms with E-state index in [1.165, 1.54) is 22.4 Å². The Bertz CT molecular complexity index is 1190. The van der Waals surface area contributed by atoms with Crippen molar-refractivity contribution in [2.24, 2.45) is 0 Å². The Labute approximate surface area is 187 Å². The van der Waals surface area contributed by atoms with Crippen molar-refractivity contribution in [1.82, 2.24) is 14.3 Å². The quantitative estimate of drug-likeness (QED) is 0.391. The monoisotopic (exact) mass is 435 g/mol. The largest absolute Gasteiger partial charge is 0.453 e. The summed E-state index contributed by atoms with van der Waals surface area (Å²) in [6.45, 7) is 10.0. The van der Waals surface area contributed by atoms with Crippen LogP contribution in [0.4, 0.5) is 0 Å². The summed E-state index contributed by atoms with van der Waals surface area (Å²) in [5.41, 5.74) is 4.15. The van der Waals surface area contributed by atoms with Crippen LogP contribution >= 0.6 is 0 Å². The molecule has 2 aromatic heterocycles. The first kappa shape index (κ1) is 23.2. The van der Waals surface area contributed by atoms with Gasteiger partial charge < -0.3 is 9.30 Å². The van der Waals surface area contributed by atoms with Crippen LogP contribution in [0.1, 0.15) is 70.9 Å². The van der Waals surface area contributed by atoms with Gasteiger partial charge in [0, 0.05) is 35.2 Å². The molecule has 0 saturated heterocycles. The minimum atomic E-state index is -0.735. The SMILES string of the molecule is CCCn1nc(C(=O)OCC(=O)c2cc(C)n(-c3ccc(C(C)C)cc3)c2C)ccc1=O. The highest BCUT2D eigenvalue weighted by atomic mass is 16.5. The number of carbonyl (C=O) groups excluding carboxylic acids is 2. The molecule has 0 bridgehead atoms. The number of carbonyl (C=O) groups is 2. The van der Waals surface area contributed by atoms with Gasteiger partial charge in [-0.15, -0.1) is 0 Å². The number of ketones is 1. The maximum absolute atomic E-state index is 12.8. The van der Waals surface area contributed by atoms with Gasteiger partial charge in [0.1, 0.15) is 0 Å².